The number of pyridine rings is 2. The van der Waals surface area contributed by atoms with Gasteiger partial charge >= 0.3 is 21.1 Å². The van der Waals surface area contributed by atoms with Gasteiger partial charge in [-0.15, -0.1) is 35.2 Å². The zero-order valence-corrected chi connectivity index (χ0v) is 24.2. The first kappa shape index (κ1) is 27.8. The summed E-state index contributed by atoms with van der Waals surface area (Å²) in [7, 11) is 0. The number of hydrogen-bond donors (Lipinski definition) is 0. The van der Waals surface area contributed by atoms with E-state index in [9.17, 15) is 0 Å². The van der Waals surface area contributed by atoms with Crippen LogP contribution in [0.25, 0.3) is 27.6 Å². The maximum atomic E-state index is 6.69. The molecule has 0 spiro atoms. The third-order valence-corrected chi connectivity index (χ3v) is 6.17. The molecule has 4 nitrogen and oxygen atoms in total. The smallest absolute Gasteiger partial charge is 0.466 e. The van der Waals surface area contributed by atoms with Crippen molar-refractivity contribution in [3.8, 4) is 23.4 Å². The van der Waals surface area contributed by atoms with Gasteiger partial charge in [-0.25, -0.2) is 9.97 Å². The minimum absolute atomic E-state index is 0. The SMILES string of the molecule is CC(C)(C)c1ccnc(-n2c3[c-]c(Oc4ccccn4)ccc3c3ccccc32)c1.[C-]#Cc1ccccc1.[Pt+2]. The van der Waals surface area contributed by atoms with Crippen molar-refractivity contribution in [1.29, 1.82) is 0 Å². The Bertz CT molecular complexity index is 1730. The molecule has 0 atom stereocenters. The Kier molecular flexibility index (Phi) is 8.65. The van der Waals surface area contributed by atoms with Crippen molar-refractivity contribution in [3.63, 3.8) is 0 Å². The maximum absolute atomic E-state index is 6.69. The summed E-state index contributed by atoms with van der Waals surface area (Å²) in [5, 5.41) is 2.28. The largest absolute Gasteiger partial charge is 2.00 e. The first-order chi connectivity index (χ1) is 18.4. The van der Waals surface area contributed by atoms with E-state index in [-0.39, 0.29) is 26.5 Å². The molecule has 194 valence electrons. The summed E-state index contributed by atoms with van der Waals surface area (Å²) in [5.74, 6) is 4.32. The van der Waals surface area contributed by atoms with Crippen molar-refractivity contribution < 1.29 is 25.8 Å². The van der Waals surface area contributed by atoms with Crippen molar-refractivity contribution in [2.24, 2.45) is 0 Å². The minimum Gasteiger partial charge on any atom is -0.466 e. The zero-order valence-electron chi connectivity index (χ0n) is 22.0. The molecule has 0 saturated heterocycles. The fraction of sp³-hybridized carbons (Fsp3) is 0.118. The van der Waals surface area contributed by atoms with E-state index in [4.69, 9.17) is 16.1 Å². The quantitative estimate of drug-likeness (QED) is 0.140. The van der Waals surface area contributed by atoms with Crippen molar-refractivity contribution >= 4 is 21.8 Å². The first-order valence-electron chi connectivity index (χ1n) is 12.4. The summed E-state index contributed by atoms with van der Waals surface area (Å²) in [6.07, 6.45) is 10.3. The van der Waals surface area contributed by atoms with Gasteiger partial charge in [0.15, 0.2) is 0 Å². The normalized spacial score (nSPS) is 10.7. The van der Waals surface area contributed by atoms with E-state index in [1.54, 1.807) is 6.20 Å². The average molecular weight is 689 g/mol. The summed E-state index contributed by atoms with van der Waals surface area (Å²) in [4.78, 5) is 8.95. The van der Waals surface area contributed by atoms with E-state index < -0.39 is 0 Å². The Hall–Kier alpha value is -4.19. The van der Waals surface area contributed by atoms with Crippen LogP contribution in [0, 0.1) is 18.4 Å². The molecule has 0 N–H and O–H groups in total. The van der Waals surface area contributed by atoms with Crippen LogP contribution in [0.2, 0.25) is 0 Å². The van der Waals surface area contributed by atoms with Crippen LogP contribution in [0.3, 0.4) is 0 Å². The summed E-state index contributed by atoms with van der Waals surface area (Å²) in [5.41, 5.74) is 4.13. The Balaban J connectivity index is 0.000000339. The molecule has 0 amide bonds. The van der Waals surface area contributed by atoms with Crippen LogP contribution in [0.15, 0.2) is 109 Å². The number of nitrogens with zero attached hydrogens (tertiary/aromatic N) is 3. The second-order valence-electron chi connectivity index (χ2n) is 9.85. The van der Waals surface area contributed by atoms with E-state index in [0.717, 1.165) is 33.2 Å². The van der Waals surface area contributed by atoms with Gasteiger partial charge in [0, 0.05) is 29.7 Å². The number of ether oxygens (including phenoxy) is 1. The van der Waals surface area contributed by atoms with Gasteiger partial charge in [0.1, 0.15) is 5.82 Å². The van der Waals surface area contributed by atoms with Gasteiger partial charge in [-0.05, 0) is 40.6 Å². The second-order valence-corrected chi connectivity index (χ2v) is 9.85. The minimum atomic E-state index is 0. The van der Waals surface area contributed by atoms with Crippen LogP contribution >= 0.6 is 0 Å². The monoisotopic (exact) mass is 688 g/mol. The number of aromatic nitrogens is 3. The predicted octanol–water partition coefficient (Wildman–Crippen LogP) is 8.09. The molecule has 3 aromatic carbocycles. The van der Waals surface area contributed by atoms with Crippen molar-refractivity contribution in [1.82, 2.24) is 14.5 Å². The Morgan fingerprint density at radius 1 is 0.795 bits per heavy atom. The number of rotatable bonds is 3. The van der Waals surface area contributed by atoms with Crippen molar-refractivity contribution in [3.05, 3.63) is 133 Å². The fourth-order valence-corrected chi connectivity index (χ4v) is 4.22. The molecule has 0 saturated carbocycles. The molecule has 5 heteroatoms. The van der Waals surface area contributed by atoms with Gasteiger partial charge in [-0.2, -0.15) is 6.07 Å². The number of fused-ring (bicyclic) bond motifs is 3. The van der Waals surface area contributed by atoms with Crippen molar-refractivity contribution in [2.75, 3.05) is 0 Å². The summed E-state index contributed by atoms with van der Waals surface area (Å²) in [6.45, 7) is 6.63. The van der Waals surface area contributed by atoms with Crippen LogP contribution < -0.4 is 4.74 Å². The van der Waals surface area contributed by atoms with Gasteiger partial charge in [0.25, 0.3) is 0 Å². The maximum Gasteiger partial charge on any atom is 2.00 e. The van der Waals surface area contributed by atoms with Gasteiger partial charge in [-0.1, -0.05) is 68.8 Å². The molecule has 0 aliphatic rings. The van der Waals surface area contributed by atoms with E-state index >= 15 is 0 Å². The molecule has 0 aliphatic carbocycles. The van der Waals surface area contributed by atoms with Gasteiger partial charge in [-0.3, -0.25) is 5.92 Å². The molecule has 0 aliphatic heterocycles. The van der Waals surface area contributed by atoms with Gasteiger partial charge in [0.05, 0.1) is 0 Å². The molecule has 3 heterocycles. The molecule has 39 heavy (non-hydrogen) atoms. The summed E-state index contributed by atoms with van der Waals surface area (Å²) >= 11 is 0. The molecular formula is C34H27N3OPt. The fourth-order valence-electron chi connectivity index (χ4n) is 4.22. The average Bonchev–Trinajstić information content (AvgIpc) is 3.27. The van der Waals surface area contributed by atoms with Crippen LogP contribution in [0.5, 0.6) is 11.6 Å². The summed E-state index contributed by atoms with van der Waals surface area (Å²) in [6, 6.07) is 35.0. The Labute approximate surface area is 244 Å². The number of benzene rings is 3. The molecule has 3 aromatic heterocycles. The molecule has 6 aromatic rings. The third-order valence-electron chi connectivity index (χ3n) is 6.17. The topological polar surface area (TPSA) is 39.9 Å². The first-order valence-corrected chi connectivity index (χ1v) is 12.4. The molecule has 0 bridgehead atoms. The third kappa shape index (κ3) is 6.28. The molecule has 0 unspecified atom stereocenters. The number of hydrogen-bond acceptors (Lipinski definition) is 3. The van der Waals surface area contributed by atoms with E-state index in [2.05, 4.69) is 84.8 Å². The van der Waals surface area contributed by atoms with Crippen LogP contribution in [-0.2, 0) is 26.5 Å². The van der Waals surface area contributed by atoms with Crippen LogP contribution in [0.1, 0.15) is 31.9 Å². The Morgan fingerprint density at radius 2 is 1.54 bits per heavy atom. The van der Waals surface area contributed by atoms with Crippen LogP contribution in [0.4, 0.5) is 0 Å². The Morgan fingerprint density at radius 3 is 2.23 bits per heavy atom. The zero-order chi connectivity index (χ0) is 26.5. The second kappa shape index (κ2) is 12.1. The standard InChI is InChI=1S/C26H22N3O.C8H5.Pt/c1-26(2,3)18-13-15-27-24(16-18)29-22-9-5-4-8-20(22)21-12-11-19(17-23(21)29)30-25-10-6-7-14-28-25;1-2-8-6-4-3-5-7-8;/h4-16H,1-3H3;3-7H;/q2*-1;+2. The molecule has 0 fully saturated rings. The van der Waals surface area contributed by atoms with E-state index in [1.807, 2.05) is 60.8 Å². The molecule has 6 rings (SSSR count). The van der Waals surface area contributed by atoms with Crippen molar-refractivity contribution in [2.45, 2.75) is 26.2 Å². The van der Waals surface area contributed by atoms with E-state index in [0.29, 0.717) is 11.6 Å². The van der Waals surface area contributed by atoms with Gasteiger partial charge in [0.2, 0.25) is 5.88 Å². The van der Waals surface area contributed by atoms with E-state index in [1.165, 1.54) is 5.56 Å². The predicted molar refractivity (Wildman–Crippen MR) is 153 cm³/mol. The molecule has 0 radical (unpaired) electrons. The number of para-hydroxylation sites is 1. The van der Waals surface area contributed by atoms with Crippen LogP contribution in [-0.4, -0.2) is 14.5 Å². The molecular weight excluding hydrogens is 661 g/mol. The van der Waals surface area contributed by atoms with Gasteiger partial charge < -0.3 is 15.7 Å². The summed E-state index contributed by atoms with van der Waals surface area (Å²) < 4.78 is 8.11.